The Kier molecular flexibility index (Phi) is 15.2. The second-order valence-electron chi connectivity index (χ2n) is 16.0. The third-order valence-corrected chi connectivity index (χ3v) is 10.8. The molecule has 0 unspecified atom stereocenters. The Bertz CT molecular complexity index is 2980. The van der Waals surface area contributed by atoms with E-state index in [1.807, 2.05) is 50.7 Å². The van der Waals surface area contributed by atoms with Gasteiger partial charge in [-0.25, -0.2) is 33.7 Å². The number of nitrogens with one attached hydrogen (secondary N) is 5. The Morgan fingerprint density at radius 1 is 0.742 bits per heavy atom. The van der Waals surface area contributed by atoms with E-state index in [9.17, 15) is 8.78 Å². The van der Waals surface area contributed by atoms with Crippen LogP contribution in [0.2, 0.25) is 5.28 Å². The molecule has 22 heteroatoms. The Morgan fingerprint density at radius 3 is 1.94 bits per heavy atom. The Balaban J connectivity index is 0.000000147. The summed E-state index contributed by atoms with van der Waals surface area (Å²) in [6.45, 7) is 10.7. The zero-order valence-electron chi connectivity index (χ0n) is 37.3. The lowest BCUT2D eigenvalue weighted by Crippen LogP contribution is -2.20. The Hall–Kier alpha value is -6.52. The van der Waals surface area contributed by atoms with Crippen LogP contribution in [-0.2, 0) is 45.9 Å². The Morgan fingerprint density at radius 2 is 1.35 bits per heavy atom. The number of hydrogen-bond donors (Lipinski definition) is 8. The highest BCUT2D eigenvalue weighted by Crippen LogP contribution is 2.31. The van der Waals surface area contributed by atoms with Gasteiger partial charge in [0.1, 0.15) is 57.6 Å². The fraction of sp³-hybridized carbons (Fsp3) is 0.341. The highest BCUT2D eigenvalue weighted by molar-refractivity contribution is 7.07. The van der Waals surface area contributed by atoms with Crippen molar-refractivity contribution in [2.75, 3.05) is 16.0 Å². The quantitative estimate of drug-likeness (QED) is 0.0460. The number of furan rings is 2. The maximum absolute atomic E-state index is 14.8. The minimum absolute atomic E-state index is 0.0485. The number of hydrogen-bond acceptors (Lipinski definition) is 16. The number of fused-ring (bicyclic) bond motifs is 3. The van der Waals surface area contributed by atoms with Gasteiger partial charge in [0.05, 0.1) is 70.9 Å². The van der Waals surface area contributed by atoms with Crippen molar-refractivity contribution in [2.24, 2.45) is 24.2 Å². The van der Waals surface area contributed by atoms with Crippen LogP contribution in [0.4, 0.5) is 26.2 Å². The van der Waals surface area contributed by atoms with Crippen LogP contribution in [0.3, 0.4) is 0 Å². The van der Waals surface area contributed by atoms with E-state index in [0.717, 1.165) is 46.2 Å². The number of nitrogens with zero attached hydrogens (tertiary/aromatic N) is 8. The number of halogens is 3. The summed E-state index contributed by atoms with van der Waals surface area (Å²) >= 11 is 7.57. The summed E-state index contributed by atoms with van der Waals surface area (Å²) in [5, 5.41) is 13.2. The van der Waals surface area contributed by atoms with Crippen LogP contribution in [0.1, 0.15) is 66.7 Å². The molecule has 9 heterocycles. The summed E-state index contributed by atoms with van der Waals surface area (Å²) in [4.78, 5) is 36.3. The molecule has 0 saturated heterocycles. The molecule has 0 aliphatic carbocycles. The molecular weight excluding hydrogens is 890 g/mol. The van der Waals surface area contributed by atoms with Crippen molar-refractivity contribution in [2.45, 2.75) is 91.6 Å². The number of aryl methyl sites for hydroxylation is 3. The number of aromatic amines is 2. The molecule has 348 valence electrons. The van der Waals surface area contributed by atoms with Crippen molar-refractivity contribution in [3.63, 3.8) is 0 Å². The zero-order valence-corrected chi connectivity index (χ0v) is 38.9. The topological polar surface area (TPSA) is 267 Å². The van der Waals surface area contributed by atoms with Gasteiger partial charge in [0.25, 0.3) is 0 Å². The minimum Gasteiger partial charge on any atom is -0.467 e. The third-order valence-electron chi connectivity index (χ3n) is 10.0. The van der Waals surface area contributed by atoms with Gasteiger partial charge in [-0.15, -0.1) is 11.3 Å². The molecule has 3 atom stereocenters. The first-order valence-corrected chi connectivity index (χ1v) is 22.5. The van der Waals surface area contributed by atoms with E-state index in [0.29, 0.717) is 89.2 Å². The molecule has 9 rings (SSSR count). The number of thiazole rings is 1. The number of H-pyrrole nitrogens is 2. The second-order valence-corrected chi connectivity index (χ2v) is 17.1. The van der Waals surface area contributed by atoms with Crippen LogP contribution in [-0.4, -0.2) is 67.5 Å². The van der Waals surface area contributed by atoms with Gasteiger partial charge in [-0.2, -0.15) is 9.97 Å². The molecule has 0 saturated carbocycles. The molecule has 0 amide bonds. The van der Waals surface area contributed by atoms with E-state index in [1.54, 1.807) is 54.5 Å². The second kappa shape index (κ2) is 21.2. The molecule has 9 aromatic heterocycles. The first-order valence-electron chi connectivity index (χ1n) is 21.1. The molecule has 0 aliphatic rings. The standard InChI is InChI=1S/C15H17ClFN5O.C15H18FN5O.C14H18N6S/c1-8(18)6-10-12(17)11-13(19-7-9-4-3-5-23-9)20-15(16)21-14(11)22(10)2;1-8(17)6-11-13(16)12-14(18-7-10-4-3-5-22-10)19-9(2)20-15(12)21-11;1-8(15)3-10-4-12-13(16-5-11-6-21-7-17-11)18-9(2)19-14(12)20-10/h3-5,8H,6-7,18H2,1-2H3,(H,19,20,21);3-5,8H,6-7,17H2,1-2H3,(H2,18,19,20,21);4,6-8H,3,5,15H2,1-2H3,(H2,16,18,19,20)/t3*8-/m100/s1. The molecule has 0 aromatic carbocycles. The number of rotatable bonds is 15. The van der Waals surface area contributed by atoms with Gasteiger partial charge in [0, 0.05) is 55.5 Å². The van der Waals surface area contributed by atoms with Crippen LogP contribution in [0.15, 0.2) is 62.6 Å². The molecule has 0 spiro atoms. The van der Waals surface area contributed by atoms with Crippen molar-refractivity contribution < 1.29 is 17.6 Å². The summed E-state index contributed by atoms with van der Waals surface area (Å²) in [5.74, 6) is 3.63. The maximum atomic E-state index is 14.8. The van der Waals surface area contributed by atoms with Crippen molar-refractivity contribution in [1.29, 1.82) is 0 Å². The average Bonchev–Trinajstić information content (AvgIpc) is 4.13. The molecular formula is C44H53ClF2N16O2S. The molecule has 66 heavy (non-hydrogen) atoms. The van der Waals surface area contributed by atoms with Crippen LogP contribution >= 0.6 is 22.9 Å². The summed E-state index contributed by atoms with van der Waals surface area (Å²) in [6, 6.07) is 9.11. The van der Waals surface area contributed by atoms with Crippen molar-refractivity contribution >= 4 is 73.5 Å². The van der Waals surface area contributed by atoms with E-state index in [-0.39, 0.29) is 35.0 Å². The highest BCUT2D eigenvalue weighted by atomic mass is 35.5. The average molecular weight is 944 g/mol. The number of anilines is 3. The highest BCUT2D eigenvalue weighted by Gasteiger charge is 2.23. The first kappa shape index (κ1) is 47.4. The first-order chi connectivity index (χ1) is 31.6. The molecule has 0 aliphatic heterocycles. The lowest BCUT2D eigenvalue weighted by Gasteiger charge is -2.06. The molecule has 9 aromatic rings. The smallest absolute Gasteiger partial charge is 0.226 e. The molecule has 0 radical (unpaired) electrons. The lowest BCUT2D eigenvalue weighted by atomic mass is 10.2. The van der Waals surface area contributed by atoms with Crippen LogP contribution < -0.4 is 33.2 Å². The van der Waals surface area contributed by atoms with Crippen molar-refractivity contribution in [3.05, 3.63) is 117 Å². The Labute approximate surface area is 387 Å². The van der Waals surface area contributed by atoms with Gasteiger partial charge in [-0.3, -0.25) is 0 Å². The number of nitrogens with two attached hydrogens (primary N) is 3. The fourth-order valence-electron chi connectivity index (χ4n) is 7.19. The van der Waals surface area contributed by atoms with Crippen LogP contribution in [0.5, 0.6) is 0 Å². The predicted molar refractivity (Wildman–Crippen MR) is 254 cm³/mol. The fourth-order valence-corrected chi connectivity index (χ4v) is 7.91. The van der Waals surface area contributed by atoms with E-state index in [2.05, 4.69) is 66.9 Å². The van der Waals surface area contributed by atoms with Crippen molar-refractivity contribution in [1.82, 2.24) is 49.4 Å². The van der Waals surface area contributed by atoms with Gasteiger partial charge in [0.2, 0.25) is 5.28 Å². The summed E-state index contributed by atoms with van der Waals surface area (Å²) < 4.78 is 41.6. The van der Waals surface area contributed by atoms with Gasteiger partial charge in [0.15, 0.2) is 11.6 Å². The van der Waals surface area contributed by atoms with Gasteiger partial charge in [-0.05, 0) is 76.6 Å². The van der Waals surface area contributed by atoms with E-state index in [1.165, 1.54) is 0 Å². The van der Waals surface area contributed by atoms with Gasteiger partial charge >= 0.3 is 0 Å². The monoisotopic (exact) mass is 942 g/mol. The normalized spacial score (nSPS) is 12.7. The van der Waals surface area contributed by atoms with Crippen molar-refractivity contribution in [3.8, 4) is 0 Å². The van der Waals surface area contributed by atoms with E-state index in [4.69, 9.17) is 37.6 Å². The zero-order chi connectivity index (χ0) is 47.1. The molecule has 11 N–H and O–H groups in total. The van der Waals surface area contributed by atoms with Gasteiger partial charge < -0.3 is 56.5 Å². The predicted octanol–water partition coefficient (Wildman–Crippen LogP) is 7.58. The van der Waals surface area contributed by atoms with Gasteiger partial charge in [-0.1, -0.05) is 0 Å². The summed E-state index contributed by atoms with van der Waals surface area (Å²) in [6.07, 6.45) is 4.77. The summed E-state index contributed by atoms with van der Waals surface area (Å²) in [5.41, 5.74) is 24.0. The molecule has 18 nitrogen and oxygen atoms in total. The summed E-state index contributed by atoms with van der Waals surface area (Å²) in [7, 11) is 1.74. The van der Waals surface area contributed by atoms with Crippen LogP contribution in [0, 0.1) is 25.5 Å². The SMILES string of the molecule is C[C@@H](N)Cc1c(F)c2c(NCc3ccco3)nc(Cl)nc2n1C.Cc1nc(NCc2ccco2)c2c(F)c(C[C@H](C)N)[nH]c2n1.Cc1nc(NCc2cscn2)c2cc(C[C@H](C)N)[nH]c2n1. The van der Waals surface area contributed by atoms with E-state index >= 15 is 0 Å². The molecule has 0 fully saturated rings. The van der Waals surface area contributed by atoms with E-state index < -0.39 is 0 Å². The maximum Gasteiger partial charge on any atom is 0.226 e. The minimum atomic E-state index is -0.376. The molecule has 0 bridgehead atoms. The lowest BCUT2D eigenvalue weighted by molar-refractivity contribution is 0.517. The number of aromatic nitrogens is 10. The van der Waals surface area contributed by atoms with Crippen LogP contribution in [0.25, 0.3) is 33.1 Å². The largest absolute Gasteiger partial charge is 0.467 e. The third kappa shape index (κ3) is 11.6.